The number of imide groups is 1. The second kappa shape index (κ2) is 4.74. The number of benzene rings is 1. The molecule has 19 heavy (non-hydrogen) atoms. The molecule has 1 aromatic carbocycles. The van der Waals surface area contributed by atoms with Gasteiger partial charge in [0.15, 0.2) is 0 Å². The van der Waals surface area contributed by atoms with Crippen LogP contribution in [-0.2, 0) is 9.59 Å². The highest BCUT2D eigenvalue weighted by molar-refractivity contribution is 9.10. The number of aromatic nitrogens is 1. The van der Waals surface area contributed by atoms with Crippen molar-refractivity contribution in [3.05, 3.63) is 40.6 Å². The molecule has 0 aliphatic carbocycles. The molecule has 1 N–H and O–H groups in total. The molecule has 0 spiro atoms. The number of pyridine rings is 1. The van der Waals surface area contributed by atoms with Crippen molar-refractivity contribution in [3.8, 4) is 0 Å². The zero-order valence-electron chi connectivity index (χ0n) is 10.0. The smallest absolute Gasteiger partial charge is 0.234 e. The summed E-state index contributed by atoms with van der Waals surface area (Å²) in [6, 6.07) is 5.85. The zero-order chi connectivity index (χ0) is 13.4. The lowest BCUT2D eigenvalue weighted by atomic mass is 9.89. The summed E-state index contributed by atoms with van der Waals surface area (Å²) in [4.78, 5) is 27.4. The van der Waals surface area contributed by atoms with Gasteiger partial charge in [-0.2, -0.15) is 0 Å². The number of nitrogens with zero attached hydrogens (tertiary/aromatic N) is 1. The summed E-state index contributed by atoms with van der Waals surface area (Å²) < 4.78 is 0.951. The van der Waals surface area contributed by atoms with Crippen LogP contribution in [0.15, 0.2) is 35.1 Å². The van der Waals surface area contributed by atoms with E-state index in [2.05, 4.69) is 26.2 Å². The highest BCUT2D eigenvalue weighted by Gasteiger charge is 2.29. The second-order valence-electron chi connectivity index (χ2n) is 4.57. The predicted octanol–water partition coefficient (Wildman–Crippen LogP) is 2.52. The monoisotopic (exact) mass is 318 g/mol. The SMILES string of the molecule is O=C1CCC(c2cncc3c(Br)cccc23)C(=O)N1. The number of piperidine rings is 1. The highest BCUT2D eigenvalue weighted by Crippen LogP contribution is 2.32. The molecule has 5 heteroatoms. The standard InChI is InChI=1S/C14H11BrN2O2/c15-12-3-1-2-8-10(6-16-7-11(8)12)9-4-5-13(18)17-14(9)19/h1-3,6-7,9H,4-5H2,(H,17,18,19). The number of carbonyl (C=O) groups is 2. The van der Waals surface area contributed by atoms with Crippen molar-refractivity contribution in [3.63, 3.8) is 0 Å². The summed E-state index contributed by atoms with van der Waals surface area (Å²) in [5.74, 6) is -0.732. The molecule has 3 rings (SSSR count). The molecule has 1 aliphatic rings. The molecule has 4 nitrogen and oxygen atoms in total. The number of amides is 2. The van der Waals surface area contributed by atoms with Crippen molar-refractivity contribution in [2.75, 3.05) is 0 Å². The average Bonchev–Trinajstić information content (AvgIpc) is 2.39. The molecule has 2 amide bonds. The lowest BCUT2D eigenvalue weighted by Crippen LogP contribution is -2.39. The fraction of sp³-hybridized carbons (Fsp3) is 0.214. The molecule has 2 heterocycles. The first-order chi connectivity index (χ1) is 9.16. The summed E-state index contributed by atoms with van der Waals surface area (Å²) in [5.41, 5.74) is 0.879. The Morgan fingerprint density at radius 2 is 2.05 bits per heavy atom. The Kier molecular flexibility index (Phi) is 3.06. The van der Waals surface area contributed by atoms with E-state index in [-0.39, 0.29) is 17.7 Å². The molecule has 1 aromatic heterocycles. The Balaban J connectivity index is 2.13. The molecule has 2 aromatic rings. The molecule has 0 radical (unpaired) electrons. The minimum atomic E-state index is -0.303. The summed E-state index contributed by atoms with van der Waals surface area (Å²) in [6.45, 7) is 0. The first kappa shape index (κ1) is 12.3. The minimum Gasteiger partial charge on any atom is -0.296 e. The maximum Gasteiger partial charge on any atom is 0.234 e. The van der Waals surface area contributed by atoms with Gasteiger partial charge in [0.2, 0.25) is 11.8 Å². The normalized spacial score (nSPS) is 19.5. The van der Waals surface area contributed by atoms with Crippen LogP contribution >= 0.6 is 15.9 Å². The Labute approximate surface area is 118 Å². The summed E-state index contributed by atoms with van der Waals surface area (Å²) in [5, 5.41) is 4.37. The maximum atomic E-state index is 12.0. The van der Waals surface area contributed by atoms with Gasteiger partial charge in [-0.1, -0.05) is 28.1 Å². The largest absolute Gasteiger partial charge is 0.296 e. The summed E-state index contributed by atoms with van der Waals surface area (Å²) >= 11 is 3.49. The molecule has 0 bridgehead atoms. The van der Waals surface area contributed by atoms with Gasteiger partial charge in [0.05, 0.1) is 5.92 Å². The average molecular weight is 319 g/mol. The number of hydrogen-bond acceptors (Lipinski definition) is 3. The van der Waals surface area contributed by atoms with Gasteiger partial charge < -0.3 is 0 Å². The van der Waals surface area contributed by atoms with Gasteiger partial charge in [0.25, 0.3) is 0 Å². The first-order valence-corrected chi connectivity index (χ1v) is 6.82. The highest BCUT2D eigenvalue weighted by atomic mass is 79.9. The molecular formula is C14H11BrN2O2. The Morgan fingerprint density at radius 1 is 1.21 bits per heavy atom. The molecule has 96 valence electrons. The van der Waals surface area contributed by atoms with E-state index >= 15 is 0 Å². The van der Waals surface area contributed by atoms with Crippen molar-refractivity contribution in [2.24, 2.45) is 0 Å². The van der Waals surface area contributed by atoms with Crippen LogP contribution in [0, 0.1) is 0 Å². The van der Waals surface area contributed by atoms with Gasteiger partial charge in [-0.15, -0.1) is 0 Å². The first-order valence-electron chi connectivity index (χ1n) is 6.02. The van der Waals surface area contributed by atoms with Crippen molar-refractivity contribution in [1.29, 1.82) is 0 Å². The Bertz CT molecular complexity index is 684. The number of nitrogens with one attached hydrogen (secondary N) is 1. The molecule has 1 unspecified atom stereocenters. The third-order valence-corrected chi connectivity index (χ3v) is 4.09. The van der Waals surface area contributed by atoms with Crippen molar-refractivity contribution < 1.29 is 9.59 Å². The molecule has 1 saturated heterocycles. The van der Waals surface area contributed by atoms with E-state index < -0.39 is 0 Å². The van der Waals surface area contributed by atoms with Gasteiger partial charge >= 0.3 is 0 Å². The molecular weight excluding hydrogens is 308 g/mol. The quantitative estimate of drug-likeness (QED) is 0.822. The lowest BCUT2D eigenvalue weighted by molar-refractivity contribution is -0.134. The lowest BCUT2D eigenvalue weighted by Gasteiger charge is -2.22. The zero-order valence-corrected chi connectivity index (χ0v) is 11.6. The molecule has 1 atom stereocenters. The van der Waals surface area contributed by atoms with E-state index in [0.29, 0.717) is 12.8 Å². The number of halogens is 1. The van der Waals surface area contributed by atoms with Gasteiger partial charge in [0.1, 0.15) is 0 Å². The van der Waals surface area contributed by atoms with Crippen molar-refractivity contribution in [1.82, 2.24) is 10.3 Å². The number of fused-ring (bicyclic) bond motifs is 1. The number of hydrogen-bond donors (Lipinski definition) is 1. The third kappa shape index (κ3) is 2.14. The molecule has 1 fully saturated rings. The molecule has 0 saturated carbocycles. The summed E-state index contributed by atoms with van der Waals surface area (Å²) in [6.07, 6.45) is 4.41. The van der Waals surface area contributed by atoms with Crippen LogP contribution in [0.25, 0.3) is 10.8 Å². The van der Waals surface area contributed by atoms with Crippen molar-refractivity contribution in [2.45, 2.75) is 18.8 Å². The van der Waals surface area contributed by atoms with Crippen LogP contribution in [0.4, 0.5) is 0 Å². The Morgan fingerprint density at radius 3 is 2.84 bits per heavy atom. The Hall–Kier alpha value is -1.75. The molecule has 1 aliphatic heterocycles. The van der Waals surface area contributed by atoms with Gasteiger partial charge in [-0.25, -0.2) is 0 Å². The fourth-order valence-corrected chi connectivity index (χ4v) is 2.92. The van der Waals surface area contributed by atoms with Crippen LogP contribution < -0.4 is 5.32 Å². The fourth-order valence-electron chi connectivity index (χ4n) is 2.45. The van der Waals surface area contributed by atoms with Gasteiger partial charge in [0, 0.05) is 28.7 Å². The predicted molar refractivity (Wildman–Crippen MR) is 74.6 cm³/mol. The van der Waals surface area contributed by atoms with Gasteiger partial charge in [-0.05, 0) is 23.4 Å². The van der Waals surface area contributed by atoms with Crippen LogP contribution in [0.1, 0.15) is 24.3 Å². The number of carbonyl (C=O) groups excluding carboxylic acids is 2. The van der Waals surface area contributed by atoms with E-state index in [4.69, 9.17) is 0 Å². The van der Waals surface area contributed by atoms with Crippen LogP contribution in [-0.4, -0.2) is 16.8 Å². The van der Waals surface area contributed by atoms with Gasteiger partial charge in [-0.3, -0.25) is 19.9 Å². The van der Waals surface area contributed by atoms with E-state index in [9.17, 15) is 9.59 Å². The van der Waals surface area contributed by atoms with E-state index in [0.717, 1.165) is 20.8 Å². The van der Waals surface area contributed by atoms with Crippen molar-refractivity contribution >= 4 is 38.5 Å². The van der Waals surface area contributed by atoms with Crippen LogP contribution in [0.5, 0.6) is 0 Å². The second-order valence-corrected chi connectivity index (χ2v) is 5.42. The topological polar surface area (TPSA) is 59.1 Å². The third-order valence-electron chi connectivity index (χ3n) is 3.40. The van der Waals surface area contributed by atoms with E-state index in [1.165, 1.54) is 0 Å². The summed E-state index contributed by atoms with van der Waals surface area (Å²) in [7, 11) is 0. The van der Waals surface area contributed by atoms with Crippen LogP contribution in [0.3, 0.4) is 0 Å². The minimum absolute atomic E-state index is 0.198. The maximum absolute atomic E-state index is 12.0. The van der Waals surface area contributed by atoms with E-state index in [1.807, 2.05) is 18.2 Å². The van der Waals surface area contributed by atoms with Crippen LogP contribution in [0.2, 0.25) is 0 Å². The number of rotatable bonds is 1. The van der Waals surface area contributed by atoms with E-state index in [1.54, 1.807) is 12.4 Å².